The topological polar surface area (TPSA) is 71.3 Å². The maximum absolute atomic E-state index is 13.1. The summed E-state index contributed by atoms with van der Waals surface area (Å²) >= 11 is 0. The van der Waals surface area contributed by atoms with Gasteiger partial charge in [-0.05, 0) is 43.2 Å². The first-order chi connectivity index (χ1) is 13.3. The Bertz CT molecular complexity index is 823. The van der Waals surface area contributed by atoms with Crippen molar-refractivity contribution in [3.63, 3.8) is 0 Å². The van der Waals surface area contributed by atoms with E-state index in [1.54, 1.807) is 24.3 Å². The highest BCUT2D eigenvalue weighted by Gasteiger charge is 2.46. The molecule has 28 heavy (non-hydrogen) atoms. The molecule has 2 heterocycles. The van der Waals surface area contributed by atoms with Crippen LogP contribution in [0.25, 0.3) is 11.5 Å². The average Bonchev–Trinajstić information content (AvgIpc) is 3.25. The molecule has 2 aliphatic rings. The van der Waals surface area contributed by atoms with Crippen LogP contribution < -0.4 is 5.32 Å². The Morgan fingerprint density at radius 1 is 1.14 bits per heavy atom. The van der Waals surface area contributed by atoms with Crippen molar-refractivity contribution in [2.75, 3.05) is 18.4 Å². The highest BCUT2D eigenvalue weighted by atomic mass is 19.4. The minimum Gasteiger partial charge on any atom is -0.403 e. The van der Waals surface area contributed by atoms with Crippen molar-refractivity contribution >= 4 is 11.9 Å². The van der Waals surface area contributed by atoms with Gasteiger partial charge >= 0.3 is 12.2 Å². The largest absolute Gasteiger partial charge is 0.403 e. The fourth-order valence-corrected chi connectivity index (χ4v) is 3.66. The number of hydrogen-bond acceptors (Lipinski definition) is 5. The molecule has 1 atom stereocenters. The summed E-state index contributed by atoms with van der Waals surface area (Å²) in [6, 6.07) is 7.20. The molecule has 0 unspecified atom stereocenters. The number of likely N-dealkylation sites (tertiary alicyclic amines) is 1. The lowest BCUT2D eigenvalue weighted by atomic mass is 9.93. The Kier molecular flexibility index (Phi) is 4.76. The summed E-state index contributed by atoms with van der Waals surface area (Å²) in [7, 11) is 0. The number of anilines is 1. The van der Waals surface area contributed by atoms with Crippen LogP contribution in [0.1, 0.15) is 32.1 Å². The van der Waals surface area contributed by atoms with Gasteiger partial charge in [0, 0.05) is 18.7 Å². The Morgan fingerprint density at radius 3 is 2.43 bits per heavy atom. The van der Waals surface area contributed by atoms with Gasteiger partial charge in [0.15, 0.2) is 0 Å². The Hall–Kier alpha value is -2.58. The van der Waals surface area contributed by atoms with Gasteiger partial charge in [-0.3, -0.25) is 4.79 Å². The summed E-state index contributed by atoms with van der Waals surface area (Å²) in [4.78, 5) is 14.3. The number of benzene rings is 1. The fraction of sp³-hybridized carbons (Fsp3) is 0.526. The molecule has 1 spiro atoms. The van der Waals surface area contributed by atoms with Crippen molar-refractivity contribution in [1.82, 2.24) is 15.1 Å². The van der Waals surface area contributed by atoms with Gasteiger partial charge in [0.1, 0.15) is 6.04 Å². The van der Waals surface area contributed by atoms with Crippen molar-refractivity contribution in [3.05, 3.63) is 30.3 Å². The Labute approximate surface area is 160 Å². The van der Waals surface area contributed by atoms with E-state index in [2.05, 4.69) is 15.5 Å². The van der Waals surface area contributed by atoms with E-state index in [4.69, 9.17) is 4.42 Å². The van der Waals surface area contributed by atoms with Crippen LogP contribution in [0.2, 0.25) is 0 Å². The molecule has 1 saturated heterocycles. The van der Waals surface area contributed by atoms with Crippen LogP contribution in [0.15, 0.2) is 34.7 Å². The van der Waals surface area contributed by atoms with Gasteiger partial charge in [0.25, 0.3) is 0 Å². The highest BCUT2D eigenvalue weighted by molar-refractivity contribution is 5.84. The quantitative estimate of drug-likeness (QED) is 0.834. The standard InChI is InChI=1S/C19H21F3N4O2/c20-19(21,22)12-14(16(27)26-10-8-18(6-7-18)9-11-26)23-17-25-24-15(28-17)13-4-2-1-3-5-13/h1-5,14H,6-12H2,(H,23,25)/t14-/m0/s1. The van der Waals surface area contributed by atoms with Crippen LogP contribution >= 0.6 is 0 Å². The molecule has 1 saturated carbocycles. The molecule has 1 aliphatic carbocycles. The highest BCUT2D eigenvalue weighted by Crippen LogP contribution is 2.53. The van der Waals surface area contributed by atoms with Crippen molar-refractivity contribution in [3.8, 4) is 11.5 Å². The third-order valence-electron chi connectivity index (χ3n) is 5.57. The zero-order valence-electron chi connectivity index (χ0n) is 15.2. The minimum absolute atomic E-state index is 0.176. The summed E-state index contributed by atoms with van der Waals surface area (Å²) in [5.74, 6) is -0.401. The molecule has 150 valence electrons. The Morgan fingerprint density at radius 2 is 1.82 bits per heavy atom. The average molecular weight is 394 g/mol. The van der Waals surface area contributed by atoms with E-state index in [9.17, 15) is 18.0 Å². The lowest BCUT2D eigenvalue weighted by Gasteiger charge is -2.34. The van der Waals surface area contributed by atoms with Crippen molar-refractivity contribution in [2.24, 2.45) is 5.41 Å². The van der Waals surface area contributed by atoms with E-state index in [-0.39, 0.29) is 11.9 Å². The van der Waals surface area contributed by atoms with Crippen LogP contribution in [-0.4, -0.2) is 46.3 Å². The number of nitrogens with zero attached hydrogens (tertiary/aromatic N) is 3. The van der Waals surface area contributed by atoms with Gasteiger partial charge < -0.3 is 14.6 Å². The molecule has 2 fully saturated rings. The van der Waals surface area contributed by atoms with Crippen molar-refractivity contribution in [1.29, 1.82) is 0 Å². The van der Waals surface area contributed by atoms with E-state index >= 15 is 0 Å². The molecule has 1 aromatic heterocycles. The first-order valence-electron chi connectivity index (χ1n) is 9.35. The summed E-state index contributed by atoms with van der Waals surface area (Å²) < 4.78 is 44.6. The van der Waals surface area contributed by atoms with Crippen molar-refractivity contribution < 1.29 is 22.4 Å². The summed E-state index contributed by atoms with van der Waals surface area (Å²) in [5, 5.41) is 10.1. The van der Waals surface area contributed by atoms with Gasteiger partial charge in [0.2, 0.25) is 11.8 Å². The molecule has 1 aromatic carbocycles. The molecule has 1 N–H and O–H groups in total. The summed E-state index contributed by atoms with van der Waals surface area (Å²) in [5.41, 5.74) is 0.980. The summed E-state index contributed by atoms with van der Waals surface area (Å²) in [6.07, 6.45) is -1.76. The molecule has 0 radical (unpaired) electrons. The minimum atomic E-state index is -4.50. The second-order valence-electron chi connectivity index (χ2n) is 7.62. The van der Waals surface area contributed by atoms with Gasteiger partial charge in [-0.15, -0.1) is 5.10 Å². The number of nitrogens with one attached hydrogen (secondary N) is 1. The van der Waals surface area contributed by atoms with E-state index in [1.165, 1.54) is 4.90 Å². The number of carbonyl (C=O) groups excluding carboxylic acids is 1. The smallest absolute Gasteiger partial charge is 0.391 e. The maximum Gasteiger partial charge on any atom is 0.391 e. The van der Waals surface area contributed by atoms with Gasteiger partial charge in [-0.25, -0.2) is 0 Å². The van der Waals surface area contributed by atoms with Crippen molar-refractivity contribution in [2.45, 2.75) is 44.3 Å². The van der Waals surface area contributed by atoms with Crippen LogP contribution in [0.3, 0.4) is 0 Å². The number of amides is 1. The van der Waals surface area contributed by atoms with Crippen LogP contribution in [0, 0.1) is 5.41 Å². The van der Waals surface area contributed by atoms with Gasteiger partial charge in [-0.1, -0.05) is 23.3 Å². The van der Waals surface area contributed by atoms with Crippen LogP contribution in [-0.2, 0) is 4.79 Å². The number of carbonyl (C=O) groups is 1. The third-order valence-corrected chi connectivity index (χ3v) is 5.57. The molecule has 0 bridgehead atoms. The molecule has 2 aromatic rings. The predicted octanol–water partition coefficient (Wildman–Crippen LogP) is 3.87. The van der Waals surface area contributed by atoms with Gasteiger partial charge in [-0.2, -0.15) is 13.2 Å². The number of halogens is 3. The number of aromatic nitrogens is 2. The second kappa shape index (κ2) is 7.10. The maximum atomic E-state index is 13.1. The van der Waals surface area contributed by atoms with E-state index in [0.717, 1.165) is 25.7 Å². The third kappa shape index (κ3) is 4.28. The SMILES string of the molecule is O=C([C@H](CC(F)(F)F)Nc1nnc(-c2ccccc2)o1)N1CCC2(CC1)CC2. The normalized spacial score (nSPS) is 19.5. The summed E-state index contributed by atoms with van der Waals surface area (Å²) in [6.45, 7) is 0.988. The number of alkyl halides is 3. The van der Waals surface area contributed by atoms with Crippen LogP contribution in [0.4, 0.5) is 19.2 Å². The zero-order valence-corrected chi connectivity index (χ0v) is 15.2. The lowest BCUT2D eigenvalue weighted by molar-refractivity contribution is -0.152. The molecule has 1 amide bonds. The number of rotatable bonds is 5. The molecule has 6 nitrogen and oxygen atoms in total. The van der Waals surface area contributed by atoms with Gasteiger partial charge in [0.05, 0.1) is 6.42 Å². The predicted molar refractivity (Wildman–Crippen MR) is 95.3 cm³/mol. The zero-order chi connectivity index (χ0) is 19.8. The Balaban J connectivity index is 1.47. The fourth-order valence-electron chi connectivity index (χ4n) is 3.66. The van der Waals surface area contributed by atoms with E-state index in [1.807, 2.05) is 6.07 Å². The molecular formula is C19H21F3N4O2. The molecule has 9 heteroatoms. The monoisotopic (exact) mass is 394 g/mol. The first-order valence-corrected chi connectivity index (χ1v) is 9.35. The first kappa shape index (κ1) is 18.8. The number of piperidine rings is 1. The second-order valence-corrected chi connectivity index (χ2v) is 7.62. The van der Waals surface area contributed by atoms with E-state index in [0.29, 0.717) is 24.1 Å². The number of hydrogen-bond donors (Lipinski definition) is 1. The molecule has 1 aliphatic heterocycles. The lowest BCUT2D eigenvalue weighted by Crippen LogP contribution is -2.48. The van der Waals surface area contributed by atoms with Crippen LogP contribution in [0.5, 0.6) is 0 Å². The molecular weight excluding hydrogens is 373 g/mol. The molecule has 4 rings (SSSR count). The van der Waals surface area contributed by atoms with E-state index < -0.39 is 24.5 Å².